The number of aryl methyl sites for hydroxylation is 1. The van der Waals surface area contributed by atoms with Gasteiger partial charge in [0.25, 0.3) is 6.01 Å². The first-order valence-electron chi connectivity index (χ1n) is 15.4. The third kappa shape index (κ3) is 6.70. The SMILES string of the molecule is COC(=O)C1CCC(OC(Sc2ccccc2)(C(=O)Cc2ccc3nc(Nc4ccccc4C)oc3c2)N2CCCC2)CC1. The molecule has 1 saturated carbocycles. The molecule has 1 saturated heterocycles. The monoisotopic (exact) mass is 613 g/mol. The van der Waals surface area contributed by atoms with Crippen LogP contribution in [0.25, 0.3) is 11.1 Å². The van der Waals surface area contributed by atoms with Gasteiger partial charge >= 0.3 is 5.97 Å². The van der Waals surface area contributed by atoms with E-state index >= 15 is 0 Å². The Bertz CT molecular complexity index is 1590. The zero-order valence-electron chi connectivity index (χ0n) is 25.3. The number of benzene rings is 3. The number of oxazole rings is 1. The number of nitrogens with one attached hydrogen (secondary N) is 1. The number of ketones is 1. The van der Waals surface area contributed by atoms with E-state index in [0.29, 0.717) is 37.3 Å². The van der Waals surface area contributed by atoms with Crippen molar-refractivity contribution in [2.45, 2.75) is 67.9 Å². The Kier molecular flexibility index (Phi) is 9.35. The minimum Gasteiger partial charge on any atom is -0.469 e. The molecule has 4 aromatic rings. The summed E-state index contributed by atoms with van der Waals surface area (Å²) < 4.78 is 18.0. The molecule has 1 aromatic heterocycles. The average molecular weight is 614 g/mol. The first kappa shape index (κ1) is 30.4. The van der Waals surface area contributed by atoms with Crippen molar-refractivity contribution in [2.75, 3.05) is 25.5 Å². The molecule has 0 radical (unpaired) electrons. The predicted octanol–water partition coefficient (Wildman–Crippen LogP) is 7.28. The van der Waals surface area contributed by atoms with Crippen LogP contribution in [0.15, 0.2) is 82.1 Å². The van der Waals surface area contributed by atoms with E-state index in [1.807, 2.05) is 79.7 Å². The molecular weight excluding hydrogens is 574 g/mol. The summed E-state index contributed by atoms with van der Waals surface area (Å²) in [4.78, 5) is 34.6. The van der Waals surface area contributed by atoms with Crippen LogP contribution in [0.4, 0.5) is 11.7 Å². The summed E-state index contributed by atoms with van der Waals surface area (Å²) in [5.74, 6) is -0.276. The molecule has 1 atom stereocenters. The van der Waals surface area contributed by atoms with E-state index in [2.05, 4.69) is 15.2 Å². The molecule has 6 rings (SSSR count). The van der Waals surface area contributed by atoms with Gasteiger partial charge in [0.05, 0.1) is 19.1 Å². The number of ether oxygens (including phenoxy) is 2. The van der Waals surface area contributed by atoms with Crippen LogP contribution in [0.2, 0.25) is 0 Å². The number of Topliss-reactive ketones (excluding diaryl/α,β-unsaturated/α-hetero) is 1. The number of hydrogen-bond acceptors (Lipinski definition) is 9. The lowest BCUT2D eigenvalue weighted by atomic mass is 9.87. The van der Waals surface area contributed by atoms with Crippen LogP contribution in [0.3, 0.4) is 0 Å². The molecule has 0 bridgehead atoms. The Morgan fingerprint density at radius 3 is 2.45 bits per heavy atom. The van der Waals surface area contributed by atoms with Crippen molar-refractivity contribution < 1.29 is 23.5 Å². The van der Waals surface area contributed by atoms with Gasteiger partial charge in [0.15, 0.2) is 11.4 Å². The summed E-state index contributed by atoms with van der Waals surface area (Å²) in [7, 11) is 1.44. The molecule has 8 nitrogen and oxygen atoms in total. The van der Waals surface area contributed by atoms with E-state index in [9.17, 15) is 9.59 Å². The maximum absolute atomic E-state index is 14.6. The van der Waals surface area contributed by atoms with Crippen LogP contribution in [-0.4, -0.2) is 53.0 Å². The number of rotatable bonds is 11. The summed E-state index contributed by atoms with van der Waals surface area (Å²) in [6.07, 6.45) is 4.88. The predicted molar refractivity (Wildman–Crippen MR) is 172 cm³/mol. The van der Waals surface area contributed by atoms with Crippen molar-refractivity contribution >= 4 is 46.3 Å². The molecule has 1 aliphatic heterocycles. The number of esters is 1. The fourth-order valence-corrected chi connectivity index (χ4v) is 7.48. The standard InChI is InChI=1S/C35H39N3O5S/c1-24-10-6-7-13-29(24)36-34-37-30-19-14-25(22-31(30)42-34)23-32(39)35(38-20-8-9-21-38,44-28-11-4-3-5-12-28)43-27-17-15-26(16-18-27)33(40)41-2/h3-7,10-14,19,22,26-27H,8-9,15-18,20-21,23H2,1-2H3,(H,36,37). The van der Waals surface area contributed by atoms with Crippen molar-refractivity contribution in [3.63, 3.8) is 0 Å². The van der Waals surface area contributed by atoms with Gasteiger partial charge in [-0.3, -0.25) is 14.5 Å². The molecule has 0 amide bonds. The average Bonchev–Trinajstić information content (AvgIpc) is 3.73. The Labute approximate surface area is 262 Å². The zero-order chi connectivity index (χ0) is 30.5. The Hall–Kier alpha value is -3.66. The van der Waals surface area contributed by atoms with Gasteiger partial charge in [-0.15, -0.1) is 0 Å². The lowest BCUT2D eigenvalue weighted by Crippen LogP contribution is -2.55. The molecule has 230 valence electrons. The number of anilines is 2. The molecule has 1 aliphatic carbocycles. The molecule has 2 fully saturated rings. The van der Waals surface area contributed by atoms with Gasteiger partial charge in [0, 0.05) is 30.1 Å². The van der Waals surface area contributed by atoms with Crippen molar-refractivity contribution in [3.05, 3.63) is 83.9 Å². The summed E-state index contributed by atoms with van der Waals surface area (Å²) in [6.45, 7) is 3.61. The van der Waals surface area contributed by atoms with Crippen LogP contribution in [-0.2, 0) is 25.5 Å². The topological polar surface area (TPSA) is 93.9 Å². The molecule has 0 spiro atoms. The van der Waals surface area contributed by atoms with Gasteiger partial charge in [-0.25, -0.2) is 0 Å². The summed E-state index contributed by atoms with van der Waals surface area (Å²) in [5.41, 5.74) is 4.21. The number of fused-ring (bicyclic) bond motifs is 1. The van der Waals surface area contributed by atoms with Gasteiger partial charge in [0.2, 0.25) is 5.06 Å². The Morgan fingerprint density at radius 2 is 1.73 bits per heavy atom. The highest BCUT2D eigenvalue weighted by Gasteiger charge is 2.49. The quantitative estimate of drug-likeness (QED) is 0.106. The largest absolute Gasteiger partial charge is 0.469 e. The molecular formula is C35H39N3O5S. The van der Waals surface area contributed by atoms with Crippen molar-refractivity contribution in [1.29, 1.82) is 0 Å². The second-order valence-corrected chi connectivity index (χ2v) is 12.9. The van der Waals surface area contributed by atoms with Crippen LogP contribution in [0.5, 0.6) is 0 Å². The highest BCUT2D eigenvalue weighted by Crippen LogP contribution is 2.43. The molecule has 3 aromatic carbocycles. The number of nitrogens with zero attached hydrogens (tertiary/aromatic N) is 2. The van der Waals surface area contributed by atoms with Gasteiger partial charge in [-0.2, -0.15) is 4.98 Å². The summed E-state index contributed by atoms with van der Waals surface area (Å²) in [5, 5.41) is 2.08. The van der Waals surface area contributed by atoms with E-state index < -0.39 is 5.06 Å². The van der Waals surface area contributed by atoms with E-state index in [4.69, 9.17) is 13.9 Å². The number of carbonyl (C=O) groups is 2. The van der Waals surface area contributed by atoms with Crippen LogP contribution >= 0.6 is 11.8 Å². The second kappa shape index (κ2) is 13.5. The van der Waals surface area contributed by atoms with Crippen LogP contribution < -0.4 is 5.32 Å². The summed E-state index contributed by atoms with van der Waals surface area (Å²) in [6, 6.07) is 24.2. The fourth-order valence-electron chi connectivity index (χ4n) is 6.19. The maximum atomic E-state index is 14.6. The maximum Gasteiger partial charge on any atom is 0.308 e. The molecule has 2 aliphatic rings. The van der Waals surface area contributed by atoms with Gasteiger partial charge in [-0.1, -0.05) is 54.2 Å². The molecule has 1 unspecified atom stereocenters. The number of methoxy groups -OCH3 is 1. The number of para-hydroxylation sites is 1. The van der Waals surface area contributed by atoms with E-state index in [1.165, 1.54) is 18.9 Å². The lowest BCUT2D eigenvalue weighted by Gasteiger charge is -2.43. The van der Waals surface area contributed by atoms with Crippen molar-refractivity contribution in [1.82, 2.24) is 9.88 Å². The summed E-state index contributed by atoms with van der Waals surface area (Å²) >= 11 is 1.49. The van der Waals surface area contributed by atoms with Gasteiger partial charge in [0.1, 0.15) is 5.52 Å². The number of aromatic nitrogens is 1. The molecule has 2 heterocycles. The zero-order valence-corrected chi connectivity index (χ0v) is 26.1. The van der Waals surface area contributed by atoms with E-state index in [-0.39, 0.29) is 30.2 Å². The van der Waals surface area contributed by atoms with E-state index in [1.54, 1.807) is 0 Å². The van der Waals surface area contributed by atoms with Crippen molar-refractivity contribution in [3.8, 4) is 0 Å². The lowest BCUT2D eigenvalue weighted by molar-refractivity contribution is -0.166. The Morgan fingerprint density at radius 1 is 1.00 bits per heavy atom. The fraction of sp³-hybridized carbons (Fsp3) is 0.400. The van der Waals surface area contributed by atoms with E-state index in [0.717, 1.165) is 53.2 Å². The second-order valence-electron chi connectivity index (χ2n) is 11.7. The number of likely N-dealkylation sites (tertiary alicyclic amines) is 1. The number of thioether (sulfide) groups is 1. The minimum atomic E-state index is -1.19. The van der Waals surface area contributed by atoms with Crippen molar-refractivity contribution in [2.24, 2.45) is 5.92 Å². The van der Waals surface area contributed by atoms with Crippen LogP contribution in [0.1, 0.15) is 49.7 Å². The minimum absolute atomic E-state index is 0.000434. The number of hydrogen-bond donors (Lipinski definition) is 1. The van der Waals surface area contributed by atoms with Crippen LogP contribution in [0, 0.1) is 12.8 Å². The van der Waals surface area contributed by atoms with Gasteiger partial charge in [-0.05, 0) is 86.9 Å². The van der Waals surface area contributed by atoms with Gasteiger partial charge < -0.3 is 19.2 Å². The smallest absolute Gasteiger partial charge is 0.308 e. The third-order valence-corrected chi connectivity index (χ3v) is 9.98. The molecule has 44 heavy (non-hydrogen) atoms. The molecule has 9 heteroatoms. The third-order valence-electron chi connectivity index (χ3n) is 8.61. The number of carbonyl (C=O) groups excluding carboxylic acids is 2. The first-order chi connectivity index (χ1) is 21.4. The highest BCUT2D eigenvalue weighted by atomic mass is 32.2. The normalized spacial score (nSPS) is 20.3. The Balaban J connectivity index is 1.27. The highest BCUT2D eigenvalue weighted by molar-refractivity contribution is 8.01. The molecule has 1 N–H and O–H groups in total. The first-order valence-corrected chi connectivity index (χ1v) is 16.3.